The summed E-state index contributed by atoms with van der Waals surface area (Å²) in [6, 6.07) is 5.27. The molecule has 0 unspecified atom stereocenters. The number of nitrogens with zero attached hydrogens (tertiary/aromatic N) is 1. The van der Waals surface area contributed by atoms with Crippen LogP contribution in [0.2, 0.25) is 0 Å². The second-order valence-electron chi connectivity index (χ2n) is 3.42. The molecule has 0 radical (unpaired) electrons. The third kappa shape index (κ3) is 1.76. The van der Waals surface area contributed by atoms with Crippen LogP contribution in [-0.4, -0.2) is 24.4 Å². The van der Waals surface area contributed by atoms with Gasteiger partial charge in [-0.25, -0.2) is 4.79 Å². The van der Waals surface area contributed by atoms with Crippen LogP contribution < -0.4 is 10.6 Å². The van der Waals surface area contributed by atoms with E-state index < -0.39 is 0 Å². The minimum absolute atomic E-state index is 0.112. The topological polar surface area (TPSA) is 61.4 Å². The zero-order chi connectivity index (χ0) is 10.8. The largest absolute Gasteiger partial charge is 0.329 e. The molecule has 1 aromatic rings. The number of hydrogen-bond acceptors (Lipinski definition) is 2. The lowest BCUT2D eigenvalue weighted by molar-refractivity contribution is -0.105. The Balaban J connectivity index is 2.32. The number of carbonyl (C=O) groups is 2. The summed E-state index contributed by atoms with van der Waals surface area (Å²) in [4.78, 5) is 23.2. The van der Waals surface area contributed by atoms with Gasteiger partial charge in [0.1, 0.15) is 0 Å². The van der Waals surface area contributed by atoms with Gasteiger partial charge >= 0.3 is 6.03 Å². The van der Waals surface area contributed by atoms with E-state index in [1.165, 1.54) is 0 Å². The fourth-order valence-electron chi connectivity index (χ4n) is 1.54. The van der Waals surface area contributed by atoms with E-state index in [1.54, 1.807) is 24.1 Å². The van der Waals surface area contributed by atoms with Crippen molar-refractivity contribution in [2.45, 2.75) is 6.54 Å². The Morgan fingerprint density at radius 2 is 2.33 bits per heavy atom. The van der Waals surface area contributed by atoms with Gasteiger partial charge in [-0.3, -0.25) is 4.79 Å². The Bertz CT molecular complexity index is 417. The van der Waals surface area contributed by atoms with Gasteiger partial charge in [0.25, 0.3) is 0 Å². The zero-order valence-corrected chi connectivity index (χ0v) is 8.28. The van der Waals surface area contributed by atoms with Gasteiger partial charge in [-0.15, -0.1) is 0 Å². The number of benzene rings is 1. The molecule has 2 N–H and O–H groups in total. The van der Waals surface area contributed by atoms with Crippen molar-refractivity contribution < 1.29 is 9.59 Å². The third-order valence-electron chi connectivity index (χ3n) is 2.33. The van der Waals surface area contributed by atoms with Crippen molar-refractivity contribution in [1.29, 1.82) is 0 Å². The molecule has 1 aliphatic rings. The molecule has 0 fully saturated rings. The fourth-order valence-corrected chi connectivity index (χ4v) is 1.54. The summed E-state index contributed by atoms with van der Waals surface area (Å²) in [5.41, 5.74) is 2.52. The standard InChI is InChI=1S/C10H11N3O2/c1-13-5-7-4-8(11-6-14)2-3-9(7)12-10(13)15/h2-4,6H,5H2,1H3,(H,11,14)(H,12,15). The minimum atomic E-state index is -0.112. The van der Waals surface area contributed by atoms with Gasteiger partial charge < -0.3 is 15.5 Å². The molecule has 5 nitrogen and oxygen atoms in total. The number of urea groups is 1. The maximum atomic E-state index is 11.3. The average molecular weight is 205 g/mol. The summed E-state index contributed by atoms with van der Waals surface area (Å²) in [5.74, 6) is 0. The summed E-state index contributed by atoms with van der Waals surface area (Å²) >= 11 is 0. The maximum absolute atomic E-state index is 11.3. The van der Waals surface area contributed by atoms with Crippen LogP contribution in [0.25, 0.3) is 0 Å². The van der Waals surface area contributed by atoms with E-state index in [9.17, 15) is 9.59 Å². The highest BCUT2D eigenvalue weighted by atomic mass is 16.2. The van der Waals surface area contributed by atoms with Crippen LogP contribution in [0.4, 0.5) is 16.2 Å². The molecule has 0 aliphatic carbocycles. The second kappa shape index (κ2) is 3.61. The molecule has 0 atom stereocenters. The van der Waals surface area contributed by atoms with Crippen LogP contribution in [0.15, 0.2) is 18.2 Å². The molecule has 5 heteroatoms. The maximum Gasteiger partial charge on any atom is 0.321 e. The molecular formula is C10H11N3O2. The van der Waals surface area contributed by atoms with Crippen LogP contribution in [0, 0.1) is 0 Å². The van der Waals surface area contributed by atoms with Crippen molar-refractivity contribution >= 4 is 23.8 Å². The van der Waals surface area contributed by atoms with E-state index in [4.69, 9.17) is 0 Å². The Morgan fingerprint density at radius 1 is 1.53 bits per heavy atom. The second-order valence-corrected chi connectivity index (χ2v) is 3.42. The number of carbonyl (C=O) groups excluding carboxylic acids is 2. The van der Waals surface area contributed by atoms with Crippen LogP contribution in [0.3, 0.4) is 0 Å². The summed E-state index contributed by atoms with van der Waals surface area (Å²) < 4.78 is 0. The first kappa shape index (κ1) is 9.51. The van der Waals surface area contributed by atoms with Gasteiger partial charge in [-0.05, 0) is 23.8 Å². The van der Waals surface area contributed by atoms with Crippen LogP contribution in [0.5, 0.6) is 0 Å². The number of rotatable bonds is 2. The van der Waals surface area contributed by atoms with E-state index >= 15 is 0 Å². The molecule has 1 aromatic carbocycles. The predicted molar refractivity (Wildman–Crippen MR) is 56.6 cm³/mol. The monoisotopic (exact) mass is 205 g/mol. The molecule has 15 heavy (non-hydrogen) atoms. The fraction of sp³-hybridized carbons (Fsp3) is 0.200. The normalized spacial score (nSPS) is 14.2. The van der Waals surface area contributed by atoms with Gasteiger partial charge in [0, 0.05) is 25.0 Å². The smallest absolute Gasteiger partial charge is 0.321 e. The number of hydrogen-bond donors (Lipinski definition) is 2. The molecule has 2 rings (SSSR count). The summed E-state index contributed by atoms with van der Waals surface area (Å²) in [6.45, 7) is 0.551. The lowest BCUT2D eigenvalue weighted by atomic mass is 10.1. The van der Waals surface area contributed by atoms with E-state index in [1.807, 2.05) is 6.07 Å². The third-order valence-corrected chi connectivity index (χ3v) is 2.33. The molecule has 3 amide bonds. The highest BCUT2D eigenvalue weighted by Gasteiger charge is 2.18. The van der Waals surface area contributed by atoms with Gasteiger partial charge in [-0.2, -0.15) is 0 Å². The van der Waals surface area contributed by atoms with Gasteiger partial charge in [0.2, 0.25) is 6.41 Å². The van der Waals surface area contributed by atoms with E-state index in [0.29, 0.717) is 13.0 Å². The van der Waals surface area contributed by atoms with Crippen molar-refractivity contribution in [1.82, 2.24) is 4.90 Å². The Labute approximate surface area is 87.1 Å². The van der Waals surface area contributed by atoms with Crippen molar-refractivity contribution in [2.24, 2.45) is 0 Å². The predicted octanol–water partition coefficient (Wildman–Crippen LogP) is 1.23. The van der Waals surface area contributed by atoms with Gasteiger partial charge in [0.05, 0.1) is 0 Å². The van der Waals surface area contributed by atoms with Crippen molar-refractivity contribution in [3.05, 3.63) is 23.8 Å². The Hall–Kier alpha value is -2.04. The Morgan fingerprint density at radius 3 is 3.07 bits per heavy atom. The molecule has 0 aromatic heterocycles. The van der Waals surface area contributed by atoms with Crippen molar-refractivity contribution in [3.8, 4) is 0 Å². The van der Waals surface area contributed by atoms with Crippen LogP contribution in [-0.2, 0) is 11.3 Å². The molecule has 78 valence electrons. The molecule has 1 aliphatic heterocycles. The highest BCUT2D eigenvalue weighted by Crippen LogP contribution is 2.25. The number of fused-ring (bicyclic) bond motifs is 1. The summed E-state index contributed by atoms with van der Waals surface area (Å²) in [5, 5.41) is 5.32. The van der Waals surface area contributed by atoms with E-state index in [-0.39, 0.29) is 6.03 Å². The highest BCUT2D eigenvalue weighted by molar-refractivity contribution is 5.92. The van der Waals surface area contributed by atoms with Crippen LogP contribution in [0.1, 0.15) is 5.56 Å². The summed E-state index contributed by atoms with van der Waals surface area (Å²) in [7, 11) is 1.72. The molecule has 1 heterocycles. The van der Waals surface area contributed by atoms with Gasteiger partial charge in [-0.1, -0.05) is 0 Å². The first-order valence-corrected chi connectivity index (χ1v) is 4.56. The molecular weight excluding hydrogens is 194 g/mol. The first-order valence-electron chi connectivity index (χ1n) is 4.56. The summed E-state index contributed by atoms with van der Waals surface area (Å²) in [6.07, 6.45) is 0.632. The van der Waals surface area contributed by atoms with Gasteiger partial charge in [0.15, 0.2) is 0 Å². The van der Waals surface area contributed by atoms with E-state index in [2.05, 4.69) is 10.6 Å². The van der Waals surface area contributed by atoms with Crippen molar-refractivity contribution in [2.75, 3.05) is 17.7 Å². The minimum Gasteiger partial charge on any atom is -0.329 e. The lowest BCUT2D eigenvalue weighted by Gasteiger charge is -2.26. The molecule has 0 saturated heterocycles. The quantitative estimate of drug-likeness (QED) is 0.713. The number of nitrogens with one attached hydrogen (secondary N) is 2. The Kier molecular flexibility index (Phi) is 2.29. The first-order chi connectivity index (χ1) is 7.20. The SMILES string of the molecule is CN1Cc2cc(NC=O)ccc2NC1=O. The van der Waals surface area contributed by atoms with E-state index in [0.717, 1.165) is 16.9 Å². The lowest BCUT2D eigenvalue weighted by Crippen LogP contribution is -2.35. The molecule has 0 bridgehead atoms. The molecule has 0 spiro atoms. The average Bonchev–Trinajstić information content (AvgIpc) is 2.21. The zero-order valence-electron chi connectivity index (χ0n) is 8.28. The molecule has 0 saturated carbocycles. The van der Waals surface area contributed by atoms with Crippen LogP contribution >= 0.6 is 0 Å². The number of amides is 3. The number of anilines is 2. The van der Waals surface area contributed by atoms with Crippen molar-refractivity contribution in [3.63, 3.8) is 0 Å².